The van der Waals surface area contributed by atoms with Gasteiger partial charge >= 0.3 is 12.2 Å². The Morgan fingerprint density at radius 2 is 1.59 bits per heavy atom. The van der Waals surface area contributed by atoms with Gasteiger partial charge in [-0.15, -0.1) is 0 Å². The zero-order valence-corrected chi connectivity index (χ0v) is 28.1. The zero-order chi connectivity index (χ0) is 33.6. The molecule has 1 saturated carbocycles. The first-order valence-corrected chi connectivity index (χ1v) is 16.6. The van der Waals surface area contributed by atoms with E-state index in [-0.39, 0.29) is 42.8 Å². The largest absolute Gasteiger partial charge is 0.444 e. The Morgan fingerprint density at radius 1 is 0.913 bits per heavy atom. The van der Waals surface area contributed by atoms with E-state index in [0.717, 1.165) is 43.5 Å². The van der Waals surface area contributed by atoms with E-state index >= 15 is 0 Å². The molecule has 1 aliphatic carbocycles. The Hall–Kier alpha value is -3.83. The lowest BCUT2D eigenvalue weighted by molar-refractivity contribution is -0.137. The van der Waals surface area contributed by atoms with Crippen LogP contribution in [-0.2, 0) is 19.1 Å². The first-order valence-electron chi connectivity index (χ1n) is 16.6. The molecular weight excluding hydrogens is 590 g/mol. The highest BCUT2D eigenvalue weighted by Crippen LogP contribution is 2.43. The first kappa shape index (κ1) is 35.0. The third-order valence-corrected chi connectivity index (χ3v) is 8.51. The number of hydrogen-bond donors (Lipinski definition) is 4. The van der Waals surface area contributed by atoms with Crippen molar-refractivity contribution in [3.63, 3.8) is 0 Å². The zero-order valence-electron chi connectivity index (χ0n) is 28.1. The van der Waals surface area contributed by atoms with Crippen LogP contribution in [0.3, 0.4) is 0 Å². The van der Waals surface area contributed by atoms with E-state index in [1.54, 1.807) is 11.0 Å². The molecule has 1 saturated heterocycles. The molecule has 254 valence electrons. The highest BCUT2D eigenvalue weighted by atomic mass is 16.6. The summed E-state index contributed by atoms with van der Waals surface area (Å²) in [4.78, 5) is 64.6. The minimum absolute atomic E-state index is 0.0842. The molecule has 12 nitrogen and oxygen atoms in total. The molecule has 3 aliphatic rings. The van der Waals surface area contributed by atoms with E-state index in [9.17, 15) is 24.0 Å². The van der Waals surface area contributed by atoms with Gasteiger partial charge in [0.05, 0.1) is 6.04 Å². The van der Waals surface area contributed by atoms with Crippen molar-refractivity contribution in [2.24, 2.45) is 5.92 Å². The lowest BCUT2D eigenvalue weighted by Crippen LogP contribution is -2.53. The fourth-order valence-electron chi connectivity index (χ4n) is 6.48. The van der Waals surface area contributed by atoms with Crippen molar-refractivity contribution in [2.45, 2.75) is 129 Å². The van der Waals surface area contributed by atoms with Crippen molar-refractivity contribution < 1.29 is 33.4 Å². The number of nitrogens with one attached hydrogen (secondary N) is 4. The lowest BCUT2D eigenvalue weighted by Gasteiger charge is -2.35. The molecule has 5 amide bonds. The maximum Gasteiger partial charge on any atom is 0.407 e. The molecule has 0 aromatic heterocycles. The van der Waals surface area contributed by atoms with Gasteiger partial charge in [0.15, 0.2) is 0 Å². The average molecular weight is 642 g/mol. The molecule has 0 spiro atoms. The monoisotopic (exact) mass is 641 g/mol. The maximum atomic E-state index is 13.8. The van der Waals surface area contributed by atoms with Crippen LogP contribution in [0.15, 0.2) is 18.2 Å². The summed E-state index contributed by atoms with van der Waals surface area (Å²) in [6.45, 7) is 12.1. The van der Waals surface area contributed by atoms with Gasteiger partial charge < -0.3 is 30.3 Å². The first-order chi connectivity index (χ1) is 21.6. The number of benzene rings is 1. The summed E-state index contributed by atoms with van der Waals surface area (Å²) >= 11 is 0. The molecule has 1 aromatic rings. The molecule has 0 unspecified atom stereocenters. The normalized spacial score (nSPS) is 23.3. The second-order valence-electron chi connectivity index (χ2n) is 14.6. The molecule has 4 N–H and O–H groups in total. The highest BCUT2D eigenvalue weighted by Gasteiger charge is 2.45. The van der Waals surface area contributed by atoms with Crippen LogP contribution in [0.25, 0.3) is 0 Å². The molecule has 2 atom stereocenters. The third kappa shape index (κ3) is 9.59. The predicted molar refractivity (Wildman–Crippen MR) is 173 cm³/mol. The molecular formula is C34H51N5O7. The SMILES string of the molecule is CC(C)(C)OC(=O)NCCCC[C@H]1c2c(NCC3CCC(NC(=O)OC(C)(C)C)CC3)cccc2C(=O)N1[C@H]1CCC(=O)NC1=O. The Morgan fingerprint density at radius 3 is 2.24 bits per heavy atom. The number of unbranched alkanes of at least 4 members (excludes halogenated alkanes) is 1. The standard InChI is InChI=1S/C34H51N5O7/c1-33(2,3)45-31(43)35-19-8-7-12-25-28-23(30(42)39(25)26-17-18-27(40)38-29(26)41)10-9-11-24(28)36-20-21-13-15-22(16-14-21)37-32(44)46-34(4,5)6/h9-11,21-22,25-26,36H,7-8,12-20H2,1-6H3,(H,35,43)(H,37,44)(H,38,40,41)/t21?,22?,25-,26-/m0/s1. The summed E-state index contributed by atoms with van der Waals surface area (Å²) in [5, 5.41) is 11.8. The number of fused-ring (bicyclic) bond motifs is 1. The fourth-order valence-corrected chi connectivity index (χ4v) is 6.48. The topological polar surface area (TPSA) is 155 Å². The summed E-state index contributed by atoms with van der Waals surface area (Å²) in [7, 11) is 0. The number of ether oxygens (including phenoxy) is 2. The Labute approximate surface area is 272 Å². The number of piperidine rings is 1. The molecule has 46 heavy (non-hydrogen) atoms. The number of rotatable bonds is 10. The third-order valence-electron chi connectivity index (χ3n) is 8.51. The minimum atomic E-state index is -0.733. The van der Waals surface area contributed by atoms with Crippen LogP contribution in [0.2, 0.25) is 0 Å². The Balaban J connectivity index is 1.41. The Kier molecular flexibility index (Phi) is 11.2. The van der Waals surface area contributed by atoms with Gasteiger partial charge in [0, 0.05) is 42.4 Å². The summed E-state index contributed by atoms with van der Waals surface area (Å²) < 4.78 is 10.7. The van der Waals surface area contributed by atoms with E-state index in [1.807, 2.05) is 53.7 Å². The molecule has 0 bridgehead atoms. The number of amides is 5. The summed E-state index contributed by atoms with van der Waals surface area (Å²) in [6.07, 6.45) is 5.16. The number of anilines is 1. The number of imide groups is 1. The molecule has 1 aromatic carbocycles. The van der Waals surface area contributed by atoms with E-state index in [2.05, 4.69) is 21.3 Å². The second-order valence-corrected chi connectivity index (χ2v) is 14.6. The summed E-state index contributed by atoms with van der Waals surface area (Å²) in [5.74, 6) is -0.583. The molecule has 12 heteroatoms. The van der Waals surface area contributed by atoms with Crippen LogP contribution >= 0.6 is 0 Å². The summed E-state index contributed by atoms with van der Waals surface area (Å²) in [5.41, 5.74) is 1.19. The van der Waals surface area contributed by atoms with Crippen LogP contribution < -0.4 is 21.3 Å². The lowest BCUT2D eigenvalue weighted by atomic mass is 9.86. The van der Waals surface area contributed by atoms with Gasteiger partial charge in [-0.3, -0.25) is 19.7 Å². The quantitative estimate of drug-likeness (QED) is 0.201. The number of alkyl carbamates (subject to hydrolysis) is 2. The number of carbonyl (C=O) groups excluding carboxylic acids is 5. The molecule has 4 rings (SSSR count). The predicted octanol–water partition coefficient (Wildman–Crippen LogP) is 5.18. The van der Waals surface area contributed by atoms with Crippen molar-refractivity contribution in [2.75, 3.05) is 18.4 Å². The van der Waals surface area contributed by atoms with Crippen LogP contribution in [0.5, 0.6) is 0 Å². The average Bonchev–Trinajstić information content (AvgIpc) is 3.22. The van der Waals surface area contributed by atoms with Gasteiger partial charge in [-0.05, 0) is 111 Å². The maximum absolute atomic E-state index is 13.8. The van der Waals surface area contributed by atoms with Crippen molar-refractivity contribution in [1.82, 2.24) is 20.9 Å². The van der Waals surface area contributed by atoms with Crippen molar-refractivity contribution in [3.8, 4) is 0 Å². The van der Waals surface area contributed by atoms with Crippen molar-refractivity contribution >= 4 is 35.6 Å². The van der Waals surface area contributed by atoms with Gasteiger partial charge in [0.2, 0.25) is 11.8 Å². The van der Waals surface area contributed by atoms with Gasteiger partial charge in [0.1, 0.15) is 17.2 Å². The molecule has 2 aliphatic heterocycles. The van der Waals surface area contributed by atoms with Gasteiger partial charge in [-0.2, -0.15) is 0 Å². The minimum Gasteiger partial charge on any atom is -0.444 e. The van der Waals surface area contributed by atoms with Crippen LogP contribution in [0.1, 0.15) is 121 Å². The van der Waals surface area contributed by atoms with E-state index < -0.39 is 29.2 Å². The molecule has 0 radical (unpaired) electrons. The van der Waals surface area contributed by atoms with Crippen LogP contribution in [0.4, 0.5) is 15.3 Å². The van der Waals surface area contributed by atoms with Crippen LogP contribution in [0, 0.1) is 5.92 Å². The second kappa shape index (κ2) is 14.7. The van der Waals surface area contributed by atoms with E-state index in [0.29, 0.717) is 37.3 Å². The van der Waals surface area contributed by atoms with Crippen molar-refractivity contribution in [3.05, 3.63) is 29.3 Å². The highest BCUT2D eigenvalue weighted by molar-refractivity contribution is 6.06. The van der Waals surface area contributed by atoms with Crippen molar-refractivity contribution in [1.29, 1.82) is 0 Å². The van der Waals surface area contributed by atoms with Crippen LogP contribution in [-0.4, -0.2) is 71.2 Å². The molecule has 2 heterocycles. The smallest absolute Gasteiger partial charge is 0.407 e. The fraction of sp³-hybridized carbons (Fsp3) is 0.676. The number of nitrogens with zero attached hydrogens (tertiary/aromatic N) is 1. The number of hydrogen-bond acceptors (Lipinski definition) is 8. The van der Waals surface area contributed by atoms with E-state index in [1.165, 1.54) is 0 Å². The van der Waals surface area contributed by atoms with E-state index in [4.69, 9.17) is 9.47 Å². The summed E-state index contributed by atoms with van der Waals surface area (Å²) in [6, 6.07) is 4.64. The Bertz CT molecular complexity index is 1290. The van der Waals surface area contributed by atoms with Gasteiger partial charge in [-0.1, -0.05) is 6.07 Å². The molecule has 2 fully saturated rings. The number of carbonyl (C=O) groups is 5. The van der Waals surface area contributed by atoms with Gasteiger partial charge in [-0.25, -0.2) is 9.59 Å². The van der Waals surface area contributed by atoms with Gasteiger partial charge in [0.25, 0.3) is 5.91 Å².